The van der Waals surface area contributed by atoms with E-state index < -0.39 is 9.84 Å². The van der Waals surface area contributed by atoms with Gasteiger partial charge in [0.1, 0.15) is 0 Å². The summed E-state index contributed by atoms with van der Waals surface area (Å²) in [7, 11) is -2.81. The van der Waals surface area contributed by atoms with E-state index in [4.69, 9.17) is 0 Å². The topological polar surface area (TPSA) is 70.6 Å². The highest BCUT2D eigenvalue weighted by Gasteiger charge is 2.28. The lowest BCUT2D eigenvalue weighted by Crippen LogP contribution is -2.45. The molecule has 2 fully saturated rings. The second-order valence-corrected chi connectivity index (χ2v) is 9.72. The average molecular weight is 344 g/mol. The van der Waals surface area contributed by atoms with E-state index in [2.05, 4.69) is 36.4 Å². The third-order valence-corrected chi connectivity index (χ3v) is 7.07. The summed E-state index contributed by atoms with van der Waals surface area (Å²) in [6.45, 7) is 8.14. The Morgan fingerprint density at radius 1 is 1.17 bits per heavy atom. The molecule has 1 aliphatic heterocycles. The van der Waals surface area contributed by atoms with Gasteiger partial charge in [-0.2, -0.15) is 0 Å². The van der Waals surface area contributed by atoms with Gasteiger partial charge in [-0.3, -0.25) is 4.99 Å². The summed E-state index contributed by atoms with van der Waals surface area (Å²) < 4.78 is 23.1. The molecule has 5 nitrogen and oxygen atoms in total. The van der Waals surface area contributed by atoms with Gasteiger partial charge >= 0.3 is 0 Å². The quantitative estimate of drug-likeness (QED) is 0.593. The van der Waals surface area contributed by atoms with E-state index in [0.717, 1.165) is 30.8 Å². The van der Waals surface area contributed by atoms with Crippen molar-refractivity contribution < 1.29 is 8.42 Å². The summed E-state index contributed by atoms with van der Waals surface area (Å²) in [6.07, 6.45) is 5.73. The summed E-state index contributed by atoms with van der Waals surface area (Å²) in [4.78, 5) is 4.64. The van der Waals surface area contributed by atoms with Crippen LogP contribution in [0.1, 0.15) is 52.9 Å². The Hall–Kier alpha value is -0.780. The predicted octanol–water partition coefficient (Wildman–Crippen LogP) is 2.19. The largest absolute Gasteiger partial charge is 0.357 e. The minimum Gasteiger partial charge on any atom is -0.357 e. The number of sulfone groups is 1. The van der Waals surface area contributed by atoms with Crippen molar-refractivity contribution in [2.45, 2.75) is 58.9 Å². The highest BCUT2D eigenvalue weighted by molar-refractivity contribution is 7.91. The molecule has 1 saturated carbocycles. The van der Waals surface area contributed by atoms with Gasteiger partial charge in [0.05, 0.1) is 11.5 Å². The maximum atomic E-state index is 11.5. The fraction of sp³-hybridized carbons (Fsp3) is 0.941. The first-order valence-electron chi connectivity index (χ1n) is 9.15. The number of guanidine groups is 1. The molecular formula is C17H33N3O2S. The van der Waals surface area contributed by atoms with E-state index in [1.54, 1.807) is 0 Å². The summed E-state index contributed by atoms with van der Waals surface area (Å²) in [6, 6.07) is 0.495. The van der Waals surface area contributed by atoms with Gasteiger partial charge in [0, 0.05) is 19.1 Å². The van der Waals surface area contributed by atoms with E-state index in [9.17, 15) is 8.42 Å². The first-order chi connectivity index (χ1) is 10.9. The first-order valence-corrected chi connectivity index (χ1v) is 11.0. The van der Waals surface area contributed by atoms with Crippen LogP contribution in [0.3, 0.4) is 0 Å². The van der Waals surface area contributed by atoms with Crippen LogP contribution in [0.5, 0.6) is 0 Å². The minimum absolute atomic E-state index is 0.187. The maximum absolute atomic E-state index is 11.5. The third kappa shape index (κ3) is 5.98. The zero-order valence-electron chi connectivity index (χ0n) is 14.8. The standard InChI is InChI=1S/C17H33N3O2S/c1-4-18-17(19-11-14-9-10-23(21,22)12-14)20-16-7-5-15(6-8-16)13(2)3/h13-16H,4-12H2,1-3H3,(H2,18,19,20). The number of hydrogen-bond donors (Lipinski definition) is 2. The molecule has 0 aromatic rings. The third-order valence-electron chi connectivity index (χ3n) is 5.23. The SMILES string of the molecule is CCNC(=NCC1CCS(=O)(=O)C1)NC1CCC(C(C)C)CC1. The molecule has 0 aromatic carbocycles. The molecule has 2 N–H and O–H groups in total. The highest BCUT2D eigenvalue weighted by atomic mass is 32.2. The van der Waals surface area contributed by atoms with Crippen molar-refractivity contribution in [2.24, 2.45) is 22.7 Å². The summed E-state index contributed by atoms with van der Waals surface area (Å²) >= 11 is 0. The number of aliphatic imine (C=N–C) groups is 1. The molecule has 0 spiro atoms. The van der Waals surface area contributed by atoms with Crippen molar-refractivity contribution in [2.75, 3.05) is 24.6 Å². The molecule has 0 amide bonds. The monoisotopic (exact) mass is 343 g/mol. The molecule has 1 heterocycles. The zero-order chi connectivity index (χ0) is 16.9. The second-order valence-electron chi connectivity index (χ2n) is 7.49. The molecule has 1 atom stereocenters. The van der Waals surface area contributed by atoms with Crippen molar-refractivity contribution in [1.29, 1.82) is 0 Å². The van der Waals surface area contributed by atoms with Crippen molar-refractivity contribution in [3.8, 4) is 0 Å². The van der Waals surface area contributed by atoms with E-state index in [1.165, 1.54) is 25.7 Å². The van der Waals surface area contributed by atoms with Crippen LogP contribution >= 0.6 is 0 Å². The van der Waals surface area contributed by atoms with Gasteiger partial charge in [-0.25, -0.2) is 8.42 Å². The van der Waals surface area contributed by atoms with Crippen LogP contribution in [-0.4, -0.2) is 45.0 Å². The summed E-state index contributed by atoms with van der Waals surface area (Å²) in [5, 5.41) is 6.85. The van der Waals surface area contributed by atoms with Gasteiger partial charge in [0.25, 0.3) is 0 Å². The fourth-order valence-corrected chi connectivity index (χ4v) is 5.53. The van der Waals surface area contributed by atoms with Crippen LogP contribution in [0.2, 0.25) is 0 Å². The fourth-order valence-electron chi connectivity index (χ4n) is 3.68. The van der Waals surface area contributed by atoms with Gasteiger partial charge in [-0.1, -0.05) is 13.8 Å². The second kappa shape index (κ2) is 8.36. The molecule has 1 aliphatic carbocycles. The van der Waals surface area contributed by atoms with E-state index in [-0.39, 0.29) is 5.92 Å². The molecule has 23 heavy (non-hydrogen) atoms. The number of rotatable bonds is 5. The Kier molecular flexibility index (Phi) is 6.74. The number of hydrogen-bond acceptors (Lipinski definition) is 3. The van der Waals surface area contributed by atoms with Gasteiger partial charge in [-0.15, -0.1) is 0 Å². The van der Waals surface area contributed by atoms with E-state index in [0.29, 0.717) is 24.1 Å². The lowest BCUT2D eigenvalue weighted by Gasteiger charge is -2.32. The lowest BCUT2D eigenvalue weighted by molar-refractivity contribution is 0.250. The Balaban J connectivity index is 1.83. The molecule has 1 saturated heterocycles. The molecule has 134 valence electrons. The molecule has 1 unspecified atom stereocenters. The predicted molar refractivity (Wildman–Crippen MR) is 96.5 cm³/mol. The van der Waals surface area contributed by atoms with Crippen LogP contribution in [-0.2, 0) is 9.84 Å². The minimum atomic E-state index is -2.81. The number of nitrogens with zero attached hydrogens (tertiary/aromatic N) is 1. The Morgan fingerprint density at radius 3 is 2.39 bits per heavy atom. The molecule has 2 rings (SSSR count). The molecule has 0 bridgehead atoms. The van der Waals surface area contributed by atoms with Crippen molar-refractivity contribution in [1.82, 2.24) is 10.6 Å². The Bertz CT molecular complexity index is 494. The van der Waals surface area contributed by atoms with Crippen LogP contribution < -0.4 is 10.6 Å². The average Bonchev–Trinajstić information content (AvgIpc) is 2.85. The van der Waals surface area contributed by atoms with E-state index >= 15 is 0 Å². The Labute approximate surface area is 141 Å². The van der Waals surface area contributed by atoms with E-state index in [1.807, 2.05) is 0 Å². The molecule has 0 radical (unpaired) electrons. The van der Waals surface area contributed by atoms with Gasteiger partial charge in [0.2, 0.25) is 0 Å². The van der Waals surface area contributed by atoms with Crippen LogP contribution in [0.25, 0.3) is 0 Å². The number of nitrogens with one attached hydrogen (secondary N) is 2. The molecule has 2 aliphatic rings. The molecule has 6 heteroatoms. The van der Waals surface area contributed by atoms with Crippen LogP contribution in [0, 0.1) is 17.8 Å². The van der Waals surface area contributed by atoms with Gasteiger partial charge < -0.3 is 10.6 Å². The van der Waals surface area contributed by atoms with Crippen molar-refractivity contribution in [3.05, 3.63) is 0 Å². The highest BCUT2D eigenvalue weighted by Crippen LogP contribution is 2.29. The summed E-state index contributed by atoms with van der Waals surface area (Å²) in [5.74, 6) is 3.31. The first kappa shape index (κ1) is 18.6. The smallest absolute Gasteiger partial charge is 0.191 e. The zero-order valence-corrected chi connectivity index (χ0v) is 15.7. The van der Waals surface area contributed by atoms with Crippen molar-refractivity contribution >= 4 is 15.8 Å². The summed E-state index contributed by atoms with van der Waals surface area (Å²) in [5.41, 5.74) is 0. The van der Waals surface area contributed by atoms with Crippen molar-refractivity contribution in [3.63, 3.8) is 0 Å². The van der Waals surface area contributed by atoms with Gasteiger partial charge in [-0.05, 0) is 56.8 Å². The molecular weight excluding hydrogens is 310 g/mol. The van der Waals surface area contributed by atoms with Crippen LogP contribution in [0.4, 0.5) is 0 Å². The van der Waals surface area contributed by atoms with Gasteiger partial charge in [0.15, 0.2) is 15.8 Å². The normalized spacial score (nSPS) is 31.3. The maximum Gasteiger partial charge on any atom is 0.191 e. The molecule has 0 aromatic heterocycles. The van der Waals surface area contributed by atoms with Crippen LogP contribution in [0.15, 0.2) is 4.99 Å². The Morgan fingerprint density at radius 2 is 1.87 bits per heavy atom. The lowest BCUT2D eigenvalue weighted by atomic mass is 9.80.